The highest BCUT2D eigenvalue weighted by Gasteiger charge is 2.27. The van der Waals surface area contributed by atoms with Gasteiger partial charge in [-0.1, -0.05) is 42.8 Å². The highest BCUT2D eigenvalue weighted by atomic mass is 32.2. The number of benzene rings is 2. The van der Waals surface area contributed by atoms with Crippen LogP contribution in [-0.2, 0) is 10.0 Å². The molecular weight excluding hydrogens is 458 g/mol. The summed E-state index contributed by atoms with van der Waals surface area (Å²) in [6.07, 6.45) is 2.68. The lowest BCUT2D eigenvalue weighted by Gasteiger charge is -2.26. The lowest BCUT2D eigenvalue weighted by atomic mass is 10.0. The fourth-order valence-electron chi connectivity index (χ4n) is 4.05. The van der Waals surface area contributed by atoms with Crippen LogP contribution in [0.25, 0.3) is 11.1 Å². The van der Waals surface area contributed by atoms with Crippen LogP contribution in [0.15, 0.2) is 59.5 Å². The van der Waals surface area contributed by atoms with Gasteiger partial charge in [-0.2, -0.15) is 4.31 Å². The second-order valence-corrected chi connectivity index (χ2v) is 11.1. The predicted molar refractivity (Wildman–Crippen MR) is 130 cm³/mol. The molecule has 33 heavy (non-hydrogen) atoms. The molecule has 0 unspecified atom stereocenters. The standard InChI is InChI=1S/C24H25N3O4S2/c1-16-20(17-9-4-2-5-10-17)21(22(25)28)24(32-16)26-23(29)18-11-8-12-19(15-18)33(30,31)27-13-6-3-7-14-27/h2,4-5,8-12,15H,3,6-7,13-14H2,1H3,(H2,25,28)(H,26,29). The van der Waals surface area contributed by atoms with E-state index in [9.17, 15) is 18.0 Å². The number of amides is 2. The summed E-state index contributed by atoms with van der Waals surface area (Å²) >= 11 is 1.26. The Kier molecular flexibility index (Phi) is 6.64. The minimum Gasteiger partial charge on any atom is -0.365 e. The van der Waals surface area contributed by atoms with E-state index in [1.54, 1.807) is 12.1 Å². The molecule has 2 aromatic carbocycles. The molecule has 172 valence electrons. The van der Waals surface area contributed by atoms with Crippen molar-refractivity contribution in [1.29, 1.82) is 0 Å². The monoisotopic (exact) mass is 483 g/mol. The molecule has 2 heterocycles. The molecule has 0 bridgehead atoms. The van der Waals surface area contributed by atoms with E-state index >= 15 is 0 Å². The fraction of sp³-hybridized carbons (Fsp3) is 0.250. The van der Waals surface area contributed by atoms with Gasteiger partial charge >= 0.3 is 0 Å². The molecule has 1 aliphatic rings. The summed E-state index contributed by atoms with van der Waals surface area (Å²) in [4.78, 5) is 26.3. The summed E-state index contributed by atoms with van der Waals surface area (Å²) in [5.41, 5.74) is 7.62. The van der Waals surface area contributed by atoms with Crippen molar-refractivity contribution < 1.29 is 18.0 Å². The maximum absolute atomic E-state index is 13.0. The molecule has 1 saturated heterocycles. The molecule has 0 radical (unpaired) electrons. The van der Waals surface area contributed by atoms with Gasteiger partial charge in [-0.15, -0.1) is 11.3 Å². The molecule has 1 fully saturated rings. The first-order valence-corrected chi connectivity index (χ1v) is 12.9. The van der Waals surface area contributed by atoms with Crippen LogP contribution in [0.1, 0.15) is 44.9 Å². The lowest BCUT2D eigenvalue weighted by molar-refractivity contribution is 0.100. The van der Waals surface area contributed by atoms with Crippen LogP contribution in [0.2, 0.25) is 0 Å². The topological polar surface area (TPSA) is 110 Å². The van der Waals surface area contributed by atoms with Gasteiger partial charge < -0.3 is 11.1 Å². The first-order valence-electron chi connectivity index (χ1n) is 10.7. The summed E-state index contributed by atoms with van der Waals surface area (Å²) in [7, 11) is -3.67. The van der Waals surface area contributed by atoms with Gasteiger partial charge in [0.05, 0.1) is 10.5 Å². The quantitative estimate of drug-likeness (QED) is 0.546. The summed E-state index contributed by atoms with van der Waals surface area (Å²) in [6, 6.07) is 15.3. The number of hydrogen-bond donors (Lipinski definition) is 2. The van der Waals surface area contributed by atoms with E-state index in [1.807, 2.05) is 37.3 Å². The molecule has 3 N–H and O–H groups in total. The Morgan fingerprint density at radius 3 is 2.36 bits per heavy atom. The molecule has 1 aliphatic heterocycles. The normalized spacial score (nSPS) is 14.7. The van der Waals surface area contributed by atoms with Gasteiger partial charge in [0.25, 0.3) is 11.8 Å². The van der Waals surface area contributed by atoms with Gasteiger partial charge in [-0.3, -0.25) is 9.59 Å². The fourth-order valence-corrected chi connectivity index (χ4v) is 6.69. The van der Waals surface area contributed by atoms with E-state index in [-0.39, 0.29) is 16.0 Å². The van der Waals surface area contributed by atoms with Gasteiger partial charge in [0.1, 0.15) is 5.00 Å². The number of nitrogens with one attached hydrogen (secondary N) is 1. The van der Waals surface area contributed by atoms with E-state index in [2.05, 4.69) is 5.32 Å². The highest BCUT2D eigenvalue weighted by molar-refractivity contribution is 7.89. The maximum Gasteiger partial charge on any atom is 0.256 e. The molecular formula is C24H25N3O4S2. The first-order chi connectivity index (χ1) is 15.8. The molecule has 0 saturated carbocycles. The number of primary amides is 1. The van der Waals surface area contributed by atoms with Crippen molar-refractivity contribution in [2.24, 2.45) is 5.73 Å². The van der Waals surface area contributed by atoms with Crippen molar-refractivity contribution in [3.63, 3.8) is 0 Å². The van der Waals surface area contributed by atoms with Crippen molar-refractivity contribution in [2.75, 3.05) is 18.4 Å². The number of hydrogen-bond acceptors (Lipinski definition) is 5. The molecule has 3 aromatic rings. The number of rotatable bonds is 6. The smallest absolute Gasteiger partial charge is 0.256 e. The number of nitrogens with two attached hydrogens (primary N) is 1. The third-order valence-electron chi connectivity index (χ3n) is 5.67. The Morgan fingerprint density at radius 2 is 1.70 bits per heavy atom. The van der Waals surface area contributed by atoms with E-state index in [4.69, 9.17) is 5.73 Å². The highest BCUT2D eigenvalue weighted by Crippen LogP contribution is 2.39. The van der Waals surface area contributed by atoms with Crippen LogP contribution < -0.4 is 11.1 Å². The summed E-state index contributed by atoms with van der Waals surface area (Å²) in [5, 5.41) is 3.11. The van der Waals surface area contributed by atoms with E-state index in [0.717, 1.165) is 29.7 Å². The average Bonchev–Trinajstić information content (AvgIpc) is 3.16. The van der Waals surface area contributed by atoms with Crippen LogP contribution in [0, 0.1) is 6.92 Å². The van der Waals surface area contributed by atoms with E-state index in [1.165, 1.54) is 27.8 Å². The van der Waals surface area contributed by atoms with Crippen molar-refractivity contribution >= 4 is 38.2 Å². The van der Waals surface area contributed by atoms with Crippen molar-refractivity contribution in [3.05, 3.63) is 70.6 Å². The van der Waals surface area contributed by atoms with Gasteiger partial charge in [-0.05, 0) is 43.5 Å². The van der Waals surface area contributed by atoms with Gasteiger partial charge in [0.15, 0.2) is 0 Å². The van der Waals surface area contributed by atoms with Gasteiger partial charge in [-0.25, -0.2) is 8.42 Å². The molecule has 0 atom stereocenters. The SMILES string of the molecule is Cc1sc(NC(=O)c2cccc(S(=O)(=O)N3CCCCC3)c2)c(C(N)=O)c1-c1ccccc1. The predicted octanol–water partition coefficient (Wildman–Crippen LogP) is 4.25. The number of carbonyl (C=O) groups is 2. The molecule has 7 nitrogen and oxygen atoms in total. The average molecular weight is 484 g/mol. The zero-order valence-electron chi connectivity index (χ0n) is 18.2. The second-order valence-electron chi connectivity index (χ2n) is 7.91. The minimum absolute atomic E-state index is 0.0829. The summed E-state index contributed by atoms with van der Waals surface area (Å²) in [5.74, 6) is -1.15. The Bertz CT molecular complexity index is 1290. The third-order valence-corrected chi connectivity index (χ3v) is 8.58. The lowest BCUT2D eigenvalue weighted by Crippen LogP contribution is -2.35. The van der Waals surface area contributed by atoms with Crippen LogP contribution in [0.5, 0.6) is 0 Å². The van der Waals surface area contributed by atoms with Crippen molar-refractivity contribution in [3.8, 4) is 11.1 Å². The third kappa shape index (κ3) is 4.71. The molecule has 0 aliphatic carbocycles. The van der Waals surface area contributed by atoms with Gasteiger partial charge in [0.2, 0.25) is 10.0 Å². The van der Waals surface area contributed by atoms with E-state index < -0.39 is 21.8 Å². The zero-order valence-corrected chi connectivity index (χ0v) is 19.8. The number of thiophene rings is 1. The maximum atomic E-state index is 13.0. The van der Waals surface area contributed by atoms with Crippen molar-refractivity contribution in [1.82, 2.24) is 4.31 Å². The van der Waals surface area contributed by atoms with E-state index in [0.29, 0.717) is 23.7 Å². The Balaban J connectivity index is 1.65. The molecule has 4 rings (SSSR count). The molecule has 1 aromatic heterocycles. The number of aryl methyl sites for hydroxylation is 1. The van der Waals surface area contributed by atoms with Crippen LogP contribution >= 0.6 is 11.3 Å². The van der Waals surface area contributed by atoms with Gasteiger partial charge in [0, 0.05) is 29.1 Å². The first kappa shape index (κ1) is 23.2. The number of carbonyl (C=O) groups excluding carboxylic acids is 2. The molecule has 0 spiro atoms. The summed E-state index contributed by atoms with van der Waals surface area (Å²) in [6.45, 7) is 2.83. The van der Waals surface area contributed by atoms with Crippen LogP contribution in [-0.4, -0.2) is 37.6 Å². The molecule has 2 amide bonds. The second kappa shape index (κ2) is 9.46. The van der Waals surface area contributed by atoms with Crippen LogP contribution in [0.4, 0.5) is 5.00 Å². The number of piperidine rings is 1. The largest absolute Gasteiger partial charge is 0.365 e. The Labute approximate surface area is 197 Å². The molecule has 9 heteroatoms. The number of nitrogens with zero attached hydrogens (tertiary/aromatic N) is 1. The zero-order chi connectivity index (χ0) is 23.6. The number of anilines is 1. The minimum atomic E-state index is -3.67. The Hall–Kier alpha value is -3.01. The van der Waals surface area contributed by atoms with Crippen molar-refractivity contribution in [2.45, 2.75) is 31.1 Å². The number of sulfonamides is 1. The van der Waals surface area contributed by atoms with Crippen LogP contribution in [0.3, 0.4) is 0 Å². The Morgan fingerprint density at radius 1 is 1.00 bits per heavy atom. The summed E-state index contributed by atoms with van der Waals surface area (Å²) < 4.78 is 27.5.